The highest BCUT2D eigenvalue weighted by molar-refractivity contribution is 5.10. The molecule has 0 aliphatic carbocycles. The lowest BCUT2D eigenvalue weighted by Gasteiger charge is -2.36. The molecule has 4 nitrogen and oxygen atoms in total. The third kappa shape index (κ3) is 3.25. The van der Waals surface area contributed by atoms with Crippen molar-refractivity contribution in [3.8, 4) is 0 Å². The Labute approximate surface area is 102 Å². The van der Waals surface area contributed by atoms with Crippen LogP contribution in [0.15, 0.2) is 24.4 Å². The Morgan fingerprint density at radius 1 is 1.47 bits per heavy atom. The molecule has 2 rings (SSSR count). The van der Waals surface area contributed by atoms with Crippen LogP contribution in [0.3, 0.4) is 0 Å². The van der Waals surface area contributed by atoms with E-state index in [1.807, 2.05) is 24.4 Å². The molecular weight excluding hydrogens is 214 g/mol. The lowest BCUT2D eigenvalue weighted by molar-refractivity contribution is -0.0311. The molecule has 1 aliphatic heterocycles. The number of hydrogen-bond donors (Lipinski definition) is 2. The van der Waals surface area contributed by atoms with Crippen LogP contribution < -0.4 is 5.73 Å². The summed E-state index contributed by atoms with van der Waals surface area (Å²) in [5, 5.41) is 10.1. The maximum Gasteiger partial charge on any atom is 0.108 e. The lowest BCUT2D eigenvalue weighted by Crippen LogP contribution is -2.42. The molecule has 0 aromatic carbocycles. The molecule has 0 spiro atoms. The van der Waals surface area contributed by atoms with Crippen molar-refractivity contribution in [3.63, 3.8) is 0 Å². The number of piperidine rings is 1. The van der Waals surface area contributed by atoms with Gasteiger partial charge in [-0.25, -0.2) is 0 Å². The fraction of sp³-hybridized carbons (Fsp3) is 0.615. The molecule has 0 amide bonds. The van der Waals surface area contributed by atoms with Crippen molar-refractivity contribution in [2.24, 2.45) is 5.73 Å². The second-order valence-corrected chi connectivity index (χ2v) is 4.63. The topological polar surface area (TPSA) is 62.4 Å². The second kappa shape index (κ2) is 6.10. The van der Waals surface area contributed by atoms with Crippen LogP contribution >= 0.6 is 0 Å². The fourth-order valence-electron chi connectivity index (χ4n) is 2.43. The van der Waals surface area contributed by atoms with Gasteiger partial charge < -0.3 is 10.8 Å². The second-order valence-electron chi connectivity index (χ2n) is 4.63. The van der Waals surface area contributed by atoms with Gasteiger partial charge in [-0.2, -0.15) is 0 Å². The first-order valence-electron chi connectivity index (χ1n) is 6.34. The smallest absolute Gasteiger partial charge is 0.108 e. The van der Waals surface area contributed by atoms with Crippen LogP contribution in [0.4, 0.5) is 0 Å². The Morgan fingerprint density at radius 3 is 3.00 bits per heavy atom. The van der Waals surface area contributed by atoms with Gasteiger partial charge in [-0.05, 0) is 37.9 Å². The normalized spacial score (nSPS) is 26.0. The standard InChI is InChI=1S/C13H21N3O/c14-6-3-8-16-9-5-11(10-13(16)17)12-4-1-2-7-15-12/h1-2,4,7,11,13,17H,3,5-6,8-10,14H2. The Kier molecular flexibility index (Phi) is 4.48. The van der Waals surface area contributed by atoms with Crippen LogP contribution in [0.1, 0.15) is 30.9 Å². The van der Waals surface area contributed by atoms with Crippen LogP contribution in [-0.4, -0.2) is 40.9 Å². The largest absolute Gasteiger partial charge is 0.378 e. The first-order valence-corrected chi connectivity index (χ1v) is 6.34. The zero-order valence-corrected chi connectivity index (χ0v) is 10.1. The number of nitrogens with two attached hydrogens (primary N) is 1. The summed E-state index contributed by atoms with van der Waals surface area (Å²) in [6, 6.07) is 5.98. The van der Waals surface area contributed by atoms with E-state index in [1.165, 1.54) is 0 Å². The molecule has 1 aliphatic rings. The van der Waals surface area contributed by atoms with Gasteiger partial charge in [0.2, 0.25) is 0 Å². The number of aliphatic hydroxyl groups excluding tert-OH is 1. The van der Waals surface area contributed by atoms with Gasteiger partial charge in [-0.1, -0.05) is 6.07 Å². The van der Waals surface area contributed by atoms with Crippen molar-refractivity contribution in [2.45, 2.75) is 31.4 Å². The predicted octanol–water partition coefficient (Wildman–Crippen LogP) is 0.928. The van der Waals surface area contributed by atoms with E-state index in [0.717, 1.165) is 38.0 Å². The minimum absolute atomic E-state index is 0.345. The third-order valence-corrected chi connectivity index (χ3v) is 3.44. The fourth-order valence-corrected chi connectivity index (χ4v) is 2.43. The Balaban J connectivity index is 1.91. The summed E-state index contributed by atoms with van der Waals surface area (Å²) in [6.07, 6.45) is 4.27. The highest BCUT2D eigenvalue weighted by Crippen LogP contribution is 2.29. The van der Waals surface area contributed by atoms with Gasteiger partial charge in [-0.3, -0.25) is 9.88 Å². The SMILES string of the molecule is NCCCN1CCC(c2ccccn2)CC1O. The molecule has 1 aromatic heterocycles. The van der Waals surface area contributed by atoms with Crippen LogP contribution in [0, 0.1) is 0 Å². The number of rotatable bonds is 4. The molecule has 0 bridgehead atoms. The van der Waals surface area contributed by atoms with Crippen molar-refractivity contribution in [1.29, 1.82) is 0 Å². The van der Waals surface area contributed by atoms with Crippen molar-refractivity contribution in [3.05, 3.63) is 30.1 Å². The van der Waals surface area contributed by atoms with E-state index in [4.69, 9.17) is 5.73 Å². The van der Waals surface area contributed by atoms with E-state index in [0.29, 0.717) is 12.5 Å². The zero-order chi connectivity index (χ0) is 12.1. The van der Waals surface area contributed by atoms with Gasteiger partial charge in [-0.15, -0.1) is 0 Å². The van der Waals surface area contributed by atoms with Crippen LogP contribution in [0.2, 0.25) is 0 Å². The summed E-state index contributed by atoms with van der Waals surface area (Å²) >= 11 is 0. The van der Waals surface area contributed by atoms with Gasteiger partial charge in [0.15, 0.2) is 0 Å². The van der Waals surface area contributed by atoms with E-state index in [1.54, 1.807) is 0 Å². The molecular formula is C13H21N3O. The first kappa shape index (κ1) is 12.5. The van der Waals surface area contributed by atoms with Gasteiger partial charge in [0.25, 0.3) is 0 Å². The predicted molar refractivity (Wildman–Crippen MR) is 67.5 cm³/mol. The molecule has 1 aromatic rings. The number of pyridine rings is 1. The minimum atomic E-state index is -0.345. The van der Waals surface area contributed by atoms with E-state index >= 15 is 0 Å². The average Bonchev–Trinajstić information content (AvgIpc) is 2.38. The van der Waals surface area contributed by atoms with E-state index in [2.05, 4.69) is 9.88 Å². The molecule has 1 fully saturated rings. The molecule has 3 N–H and O–H groups in total. The molecule has 1 saturated heterocycles. The number of likely N-dealkylation sites (tertiary alicyclic amines) is 1. The maximum atomic E-state index is 10.1. The Bertz CT molecular complexity index is 331. The van der Waals surface area contributed by atoms with Crippen LogP contribution in [-0.2, 0) is 0 Å². The minimum Gasteiger partial charge on any atom is -0.378 e. The zero-order valence-electron chi connectivity index (χ0n) is 10.1. The molecule has 94 valence electrons. The van der Waals surface area contributed by atoms with Gasteiger partial charge in [0.1, 0.15) is 6.23 Å². The monoisotopic (exact) mass is 235 g/mol. The van der Waals surface area contributed by atoms with Gasteiger partial charge in [0, 0.05) is 30.9 Å². The van der Waals surface area contributed by atoms with Crippen molar-refractivity contribution >= 4 is 0 Å². The molecule has 2 atom stereocenters. The van der Waals surface area contributed by atoms with Crippen LogP contribution in [0.25, 0.3) is 0 Å². The maximum absolute atomic E-state index is 10.1. The highest BCUT2D eigenvalue weighted by atomic mass is 16.3. The average molecular weight is 235 g/mol. The number of hydrogen-bond acceptors (Lipinski definition) is 4. The summed E-state index contributed by atoms with van der Waals surface area (Å²) in [5.41, 5.74) is 6.59. The highest BCUT2D eigenvalue weighted by Gasteiger charge is 2.27. The number of aromatic nitrogens is 1. The van der Waals surface area contributed by atoms with E-state index < -0.39 is 0 Å². The molecule has 17 heavy (non-hydrogen) atoms. The van der Waals surface area contributed by atoms with Crippen molar-refractivity contribution in [1.82, 2.24) is 9.88 Å². The molecule has 2 heterocycles. The van der Waals surface area contributed by atoms with Gasteiger partial charge >= 0.3 is 0 Å². The van der Waals surface area contributed by atoms with Crippen molar-refractivity contribution in [2.75, 3.05) is 19.6 Å². The lowest BCUT2D eigenvalue weighted by atomic mass is 9.92. The van der Waals surface area contributed by atoms with Crippen LogP contribution in [0.5, 0.6) is 0 Å². The third-order valence-electron chi connectivity index (χ3n) is 3.44. The molecule has 2 unspecified atom stereocenters. The summed E-state index contributed by atoms with van der Waals surface area (Å²) in [7, 11) is 0. The number of nitrogens with zero attached hydrogens (tertiary/aromatic N) is 2. The van der Waals surface area contributed by atoms with Gasteiger partial charge in [0.05, 0.1) is 0 Å². The summed E-state index contributed by atoms with van der Waals surface area (Å²) in [5.74, 6) is 0.389. The number of aliphatic hydroxyl groups is 1. The molecule has 0 saturated carbocycles. The van der Waals surface area contributed by atoms with E-state index in [-0.39, 0.29) is 6.23 Å². The Hall–Kier alpha value is -0.970. The summed E-state index contributed by atoms with van der Waals surface area (Å²) in [4.78, 5) is 6.49. The summed E-state index contributed by atoms with van der Waals surface area (Å²) < 4.78 is 0. The summed E-state index contributed by atoms with van der Waals surface area (Å²) in [6.45, 7) is 2.52. The quantitative estimate of drug-likeness (QED) is 0.815. The first-order chi connectivity index (χ1) is 8.31. The van der Waals surface area contributed by atoms with Crippen molar-refractivity contribution < 1.29 is 5.11 Å². The molecule has 0 radical (unpaired) electrons. The van der Waals surface area contributed by atoms with E-state index in [9.17, 15) is 5.11 Å². The Morgan fingerprint density at radius 2 is 2.35 bits per heavy atom. The molecule has 4 heteroatoms.